The maximum Gasteiger partial charge on any atom is 0.328 e. The average Bonchev–Trinajstić information content (AvgIpc) is 1.94. The van der Waals surface area contributed by atoms with E-state index in [2.05, 4.69) is 67.9 Å². The third-order valence-electron chi connectivity index (χ3n) is 12.9. The second-order valence-corrected chi connectivity index (χ2v) is 20.3. The van der Waals surface area contributed by atoms with Gasteiger partial charge in [-0.3, -0.25) is 38.4 Å². The minimum Gasteiger partial charge on any atom is -0.491 e. The lowest BCUT2D eigenvalue weighted by atomic mass is 9.97. The number of carbonyl (C=O) groups excluding carboxylic acids is 10. The van der Waals surface area contributed by atoms with E-state index in [1.54, 1.807) is 31.5 Å². The van der Waals surface area contributed by atoms with Crippen LogP contribution in [0.15, 0.2) is 60.1 Å². The topological polar surface area (TPSA) is 440 Å². The summed E-state index contributed by atoms with van der Waals surface area (Å²) in [5, 5.41) is 26.7. The van der Waals surface area contributed by atoms with E-state index >= 15 is 0 Å². The monoisotopic (exact) mass is 1240 g/mol. The largest absolute Gasteiger partial charge is 0.491 e. The highest BCUT2D eigenvalue weighted by Gasteiger charge is 2.41. The Labute approximate surface area is 509 Å². The highest BCUT2D eigenvalue weighted by molar-refractivity contribution is 6.06. The Balaban J connectivity index is 1.10. The molecule has 478 valence electrons. The number of aliphatic hydroxyl groups excluding tert-OH is 1. The van der Waals surface area contributed by atoms with Gasteiger partial charge in [-0.25, -0.2) is 19.6 Å². The fourth-order valence-corrected chi connectivity index (χ4v) is 8.28. The van der Waals surface area contributed by atoms with Crippen LogP contribution >= 0.6 is 0 Å². The first kappa shape index (κ1) is 69.8. The van der Waals surface area contributed by atoms with Gasteiger partial charge in [0.2, 0.25) is 5.91 Å². The lowest BCUT2D eigenvalue weighted by molar-refractivity contribution is -0.162. The molecule has 1 unspecified atom stereocenters. The van der Waals surface area contributed by atoms with Gasteiger partial charge in [0.05, 0.1) is 71.2 Å². The zero-order valence-electron chi connectivity index (χ0n) is 49.8. The fourth-order valence-electron chi connectivity index (χ4n) is 8.28. The number of hydrogen-bond donors (Lipinski definition) is 7. The van der Waals surface area contributed by atoms with E-state index in [1.165, 1.54) is 30.6 Å². The van der Waals surface area contributed by atoms with E-state index in [4.69, 9.17) is 44.4 Å². The number of esters is 5. The summed E-state index contributed by atoms with van der Waals surface area (Å²) >= 11 is 0. The summed E-state index contributed by atoms with van der Waals surface area (Å²) in [4.78, 5) is 139. The molecule has 0 bridgehead atoms. The lowest BCUT2D eigenvalue weighted by Crippen LogP contribution is -2.43. The van der Waals surface area contributed by atoms with E-state index in [0.29, 0.717) is 16.6 Å². The lowest BCUT2D eigenvalue weighted by Gasteiger charge is -2.22. The molecule has 0 aliphatic carbocycles. The van der Waals surface area contributed by atoms with E-state index in [-0.39, 0.29) is 119 Å². The number of benzene rings is 2. The number of aliphatic hydroxyl groups is 1. The van der Waals surface area contributed by atoms with Crippen LogP contribution in [0.1, 0.15) is 106 Å². The van der Waals surface area contributed by atoms with Crippen LogP contribution in [0.4, 0.5) is 5.82 Å². The van der Waals surface area contributed by atoms with Gasteiger partial charge in [-0.1, -0.05) is 23.0 Å². The van der Waals surface area contributed by atoms with Crippen molar-refractivity contribution in [2.24, 2.45) is 10.5 Å². The first-order valence-corrected chi connectivity index (χ1v) is 27.5. The molecule has 2 aromatic heterocycles. The van der Waals surface area contributed by atoms with Crippen LogP contribution in [0.5, 0.6) is 5.75 Å². The number of ether oxygens (including phenoxy) is 9. The Morgan fingerprint density at radius 2 is 1.40 bits per heavy atom. The molecule has 4 aromatic rings. The van der Waals surface area contributed by atoms with Crippen LogP contribution in [0, 0.1) is 17.3 Å². The number of amides is 5. The van der Waals surface area contributed by atoms with Gasteiger partial charge in [-0.05, 0) is 75.5 Å². The number of azide groups is 1. The Morgan fingerprint density at radius 3 is 1.97 bits per heavy atom. The zero-order chi connectivity index (χ0) is 65.2. The number of anilines is 1. The molecular weight excluding hydrogens is 1170 g/mol. The summed E-state index contributed by atoms with van der Waals surface area (Å²) in [6.07, 6.45) is -1.23. The van der Waals surface area contributed by atoms with Gasteiger partial charge in [-0.15, -0.1) is 0 Å². The Kier molecular flexibility index (Phi) is 27.0. The van der Waals surface area contributed by atoms with Gasteiger partial charge in [-0.2, -0.15) is 0 Å². The van der Waals surface area contributed by atoms with Crippen LogP contribution in [-0.4, -0.2) is 191 Å². The average molecular weight is 1240 g/mol. The summed E-state index contributed by atoms with van der Waals surface area (Å²) < 4.78 is 48.9. The first-order chi connectivity index (χ1) is 42.5. The maximum atomic E-state index is 13.6. The molecule has 5 amide bonds. The molecule has 1 aliphatic rings. The number of methoxy groups -OCH3 is 4. The van der Waals surface area contributed by atoms with Gasteiger partial charge in [0.15, 0.2) is 6.23 Å². The van der Waals surface area contributed by atoms with Gasteiger partial charge in [0.25, 0.3) is 23.6 Å². The molecule has 1 aliphatic heterocycles. The maximum absolute atomic E-state index is 13.6. The van der Waals surface area contributed by atoms with Crippen LogP contribution in [-0.2, 0) is 66.7 Å². The van der Waals surface area contributed by atoms with Crippen molar-refractivity contribution in [3.63, 3.8) is 0 Å². The van der Waals surface area contributed by atoms with Crippen molar-refractivity contribution in [3.8, 4) is 17.6 Å². The van der Waals surface area contributed by atoms with E-state index < -0.39 is 102 Å². The molecule has 6 atom stereocenters. The number of nitrogens with zero attached hydrogens (tertiary/aromatic N) is 6. The number of fused-ring (bicyclic) bond motifs is 1. The van der Waals surface area contributed by atoms with Crippen molar-refractivity contribution >= 4 is 76.2 Å². The van der Waals surface area contributed by atoms with Crippen molar-refractivity contribution < 1.29 is 95.7 Å². The molecule has 0 saturated carbocycles. The Hall–Kier alpha value is -9.93. The van der Waals surface area contributed by atoms with Gasteiger partial charge < -0.3 is 84.6 Å². The summed E-state index contributed by atoms with van der Waals surface area (Å²) in [5.41, 5.74) is 14.7. The third-order valence-corrected chi connectivity index (χ3v) is 12.9. The van der Waals surface area contributed by atoms with Crippen molar-refractivity contribution in [1.82, 2.24) is 41.1 Å². The minimum absolute atomic E-state index is 0.0839. The number of carbonyl (C=O) groups is 10. The van der Waals surface area contributed by atoms with Gasteiger partial charge in [0.1, 0.15) is 67.3 Å². The summed E-state index contributed by atoms with van der Waals surface area (Å²) in [6, 6.07) is 6.48. The van der Waals surface area contributed by atoms with Crippen molar-refractivity contribution in [2.45, 2.75) is 89.6 Å². The predicted octanol–water partition coefficient (Wildman–Crippen LogP) is 1.08. The predicted molar refractivity (Wildman–Crippen MR) is 309 cm³/mol. The molecular formula is C57H70N12O20. The normalized spacial score (nSPS) is 15.2. The van der Waals surface area contributed by atoms with Crippen LogP contribution in [0.25, 0.3) is 21.5 Å². The number of aromatic nitrogens is 3. The molecule has 0 spiro atoms. The first-order valence-electron chi connectivity index (χ1n) is 27.5. The SMILES string of the molecule is COC(=O)CC[C@H](NC(=O)c1cc(C(=O)NCCNC(=O)c2cccc(OCC(N=[N+]=[N-])OCCOCC(=O)NCC#Cc3cn([C@H]4C[C@H](OC(=O)C(C)(C)C)[C@@H](CO)O4)c4ncnc(N)c34)c2)cc(C(=O)N[C@@H](CCC(=O)OC)C(=O)OC)c1)C(=O)OC. The van der Waals surface area contributed by atoms with E-state index in [9.17, 15) is 53.1 Å². The Bertz CT molecular complexity index is 3260. The van der Waals surface area contributed by atoms with Gasteiger partial charge in [0, 0.05) is 65.7 Å². The second-order valence-electron chi connectivity index (χ2n) is 20.3. The standard InChI is InChI=1S/C57H70N12O20/c1-57(2,3)56(80)89-40-26-44(88-41(40)28-70)69-27-33(47-48(58)63-31-64-49(47)69)11-9-17-60-42(71)29-85-20-21-86-43(67-68-59)30-87-37-12-8-10-32(25-37)50(74)61-18-19-62-51(75)34-22-35(52(76)65-38(54(78)83-6)13-15-45(72)81-4)24-36(23-34)53(77)66-39(55(79)84-7)14-16-46(73)82-5/h8,10,12,22-25,27,31,38-41,43-44,70H,13-21,26,28-30H2,1-7H3,(H,60,71)(H,61,74)(H,62,75)(H,65,76)(H,66,77)(H2,58,63,64)/t38-,39-,40-,41+,43?,44+/m0/s1. The third kappa shape index (κ3) is 21.2. The van der Waals surface area contributed by atoms with Crippen molar-refractivity contribution in [1.29, 1.82) is 0 Å². The van der Waals surface area contributed by atoms with Crippen molar-refractivity contribution in [2.75, 3.05) is 86.8 Å². The van der Waals surface area contributed by atoms with Crippen LogP contribution < -0.4 is 37.1 Å². The summed E-state index contributed by atoms with van der Waals surface area (Å²) in [5.74, 6) is -1.31. The van der Waals surface area contributed by atoms with Crippen LogP contribution in [0.3, 0.4) is 0 Å². The quantitative estimate of drug-likeness (QED) is 0.00705. The molecule has 1 saturated heterocycles. The second kappa shape index (κ2) is 34.4. The summed E-state index contributed by atoms with van der Waals surface area (Å²) in [7, 11) is 4.40. The molecule has 3 heterocycles. The zero-order valence-corrected chi connectivity index (χ0v) is 49.8. The Morgan fingerprint density at radius 1 is 0.809 bits per heavy atom. The molecule has 0 radical (unpaired) electrons. The molecule has 2 aromatic carbocycles. The molecule has 5 rings (SSSR count). The smallest absolute Gasteiger partial charge is 0.328 e. The molecule has 32 nitrogen and oxygen atoms in total. The van der Waals surface area contributed by atoms with Crippen molar-refractivity contribution in [3.05, 3.63) is 93.2 Å². The minimum atomic E-state index is -1.36. The van der Waals surface area contributed by atoms with Crippen LogP contribution in [0.2, 0.25) is 0 Å². The number of rotatable bonds is 31. The van der Waals surface area contributed by atoms with Gasteiger partial charge >= 0.3 is 29.8 Å². The number of nitrogens with one attached hydrogen (secondary N) is 5. The van der Waals surface area contributed by atoms with E-state index in [1.807, 2.05) is 0 Å². The van der Waals surface area contributed by atoms with E-state index in [0.717, 1.165) is 46.6 Å². The molecule has 8 N–H and O–H groups in total. The highest BCUT2D eigenvalue weighted by atomic mass is 16.6. The number of nitrogens with two attached hydrogens (primary N) is 1. The summed E-state index contributed by atoms with van der Waals surface area (Å²) in [6.45, 7) is 3.49. The molecule has 89 heavy (non-hydrogen) atoms. The number of nitrogen functional groups attached to an aromatic ring is 1. The molecule has 32 heteroatoms. The molecule has 1 fully saturated rings. The fraction of sp³-hybridized carbons (Fsp3) is 0.474. The number of hydrogen-bond acceptors (Lipinski definition) is 24. The highest BCUT2D eigenvalue weighted by Crippen LogP contribution is 2.36.